The number of carbonyl (C=O) groups excluding carboxylic acids is 1. The van der Waals surface area contributed by atoms with Crippen LogP contribution in [0.3, 0.4) is 0 Å². The van der Waals surface area contributed by atoms with Crippen LogP contribution in [0.1, 0.15) is 77.0 Å². The van der Waals surface area contributed by atoms with Crippen LogP contribution in [-0.4, -0.2) is 72.5 Å². The van der Waals surface area contributed by atoms with Crippen molar-refractivity contribution in [1.29, 1.82) is 0 Å². The van der Waals surface area contributed by atoms with Gasteiger partial charge in [-0.3, -0.25) is 0 Å². The molecule has 1 saturated carbocycles. The van der Waals surface area contributed by atoms with Gasteiger partial charge in [0.1, 0.15) is 0 Å². The van der Waals surface area contributed by atoms with E-state index in [1.165, 1.54) is 25.7 Å². The van der Waals surface area contributed by atoms with Crippen molar-refractivity contribution in [1.82, 2.24) is 15.1 Å². The molecule has 2 saturated heterocycles. The summed E-state index contributed by atoms with van der Waals surface area (Å²) >= 11 is 0. The van der Waals surface area contributed by atoms with E-state index < -0.39 is 6.09 Å². The van der Waals surface area contributed by atoms with Crippen molar-refractivity contribution in [2.24, 2.45) is 5.41 Å². The van der Waals surface area contributed by atoms with Gasteiger partial charge in [0, 0.05) is 25.7 Å². The highest BCUT2D eigenvalue weighted by atomic mass is 16.6. The molecule has 0 bridgehead atoms. The fourth-order valence-corrected chi connectivity index (χ4v) is 5.33. The van der Waals surface area contributed by atoms with Crippen molar-refractivity contribution >= 4 is 12.2 Å². The van der Waals surface area contributed by atoms with Gasteiger partial charge in [0.05, 0.1) is 6.61 Å². The highest BCUT2D eigenvalue weighted by molar-refractivity contribution is 5.67. The number of carbonyl (C=O) groups is 2. The Morgan fingerprint density at radius 1 is 1.00 bits per heavy atom. The van der Waals surface area contributed by atoms with Crippen LogP contribution in [0.25, 0.3) is 0 Å². The minimum atomic E-state index is -0.799. The first-order valence-corrected chi connectivity index (χ1v) is 11.7. The molecule has 2 amide bonds. The van der Waals surface area contributed by atoms with E-state index in [0.717, 1.165) is 77.5 Å². The largest absolute Gasteiger partial charge is 0.465 e. The number of ether oxygens (including phenoxy) is 1. The highest BCUT2D eigenvalue weighted by Gasteiger charge is 2.38. The Morgan fingerprint density at radius 3 is 2.31 bits per heavy atom. The molecular formula is C22H39N3O4. The summed E-state index contributed by atoms with van der Waals surface area (Å²) in [5.74, 6) is 0. The van der Waals surface area contributed by atoms with Gasteiger partial charge in [-0.05, 0) is 76.3 Å². The van der Waals surface area contributed by atoms with E-state index in [1.54, 1.807) is 4.90 Å². The summed E-state index contributed by atoms with van der Waals surface area (Å²) in [6, 6.07) is 0.155. The van der Waals surface area contributed by atoms with Crippen LogP contribution in [0.2, 0.25) is 0 Å². The van der Waals surface area contributed by atoms with Crippen molar-refractivity contribution in [2.75, 3.05) is 39.3 Å². The van der Waals surface area contributed by atoms with E-state index in [2.05, 4.69) is 5.32 Å². The lowest BCUT2D eigenvalue weighted by molar-refractivity contribution is 0.0659. The molecule has 1 spiro atoms. The Labute approximate surface area is 175 Å². The van der Waals surface area contributed by atoms with E-state index in [-0.39, 0.29) is 12.1 Å². The smallest absolute Gasteiger partial charge is 0.409 e. The van der Waals surface area contributed by atoms with Crippen LogP contribution in [0.5, 0.6) is 0 Å². The van der Waals surface area contributed by atoms with Crippen molar-refractivity contribution in [3.8, 4) is 0 Å². The lowest BCUT2D eigenvalue weighted by Gasteiger charge is -2.38. The van der Waals surface area contributed by atoms with E-state index in [9.17, 15) is 14.7 Å². The Balaban J connectivity index is 1.22. The number of unbranched alkanes of at least 4 members (excludes halogenated alkanes) is 3. The van der Waals surface area contributed by atoms with Gasteiger partial charge in [0.25, 0.3) is 0 Å². The fraction of sp³-hybridized carbons (Fsp3) is 0.909. The molecule has 0 radical (unpaired) electrons. The summed E-state index contributed by atoms with van der Waals surface area (Å²) in [4.78, 5) is 27.3. The number of nitrogens with one attached hydrogen (secondary N) is 1. The molecule has 2 aliphatic heterocycles. The summed E-state index contributed by atoms with van der Waals surface area (Å²) in [5.41, 5.74) is 0.523. The molecule has 3 aliphatic rings. The highest BCUT2D eigenvalue weighted by Crippen LogP contribution is 2.46. The quantitative estimate of drug-likeness (QED) is 0.591. The Morgan fingerprint density at radius 2 is 1.66 bits per heavy atom. The third-order valence-electron chi connectivity index (χ3n) is 7.26. The number of amides is 2. The third kappa shape index (κ3) is 6.49. The van der Waals surface area contributed by atoms with Gasteiger partial charge in [-0.1, -0.05) is 19.3 Å². The number of nitrogens with zero attached hydrogens (tertiary/aromatic N) is 2. The molecule has 7 heteroatoms. The molecule has 0 aromatic rings. The standard InChI is InChI=1S/C22H39N3O4/c26-20(27)25(19-7-13-23-14-8-19)15-5-1-2-6-18-29-21(28)24-16-11-22(12-17-24)9-3-4-10-22/h19,23H,1-18H2,(H,26,27). The van der Waals surface area contributed by atoms with Gasteiger partial charge < -0.3 is 25.0 Å². The van der Waals surface area contributed by atoms with Gasteiger partial charge >= 0.3 is 12.2 Å². The van der Waals surface area contributed by atoms with Gasteiger partial charge in [-0.15, -0.1) is 0 Å². The van der Waals surface area contributed by atoms with Crippen molar-refractivity contribution in [3.05, 3.63) is 0 Å². The normalized spacial score (nSPS) is 22.0. The zero-order valence-electron chi connectivity index (χ0n) is 17.9. The molecular weight excluding hydrogens is 370 g/mol. The van der Waals surface area contributed by atoms with Crippen LogP contribution in [-0.2, 0) is 4.74 Å². The lowest BCUT2D eigenvalue weighted by Crippen LogP contribution is -2.46. The number of rotatable bonds is 8. The number of hydrogen-bond acceptors (Lipinski definition) is 4. The van der Waals surface area contributed by atoms with E-state index >= 15 is 0 Å². The topological polar surface area (TPSA) is 82.1 Å². The maximum Gasteiger partial charge on any atom is 0.409 e. The molecule has 29 heavy (non-hydrogen) atoms. The second-order valence-corrected chi connectivity index (χ2v) is 9.18. The van der Waals surface area contributed by atoms with Crippen molar-refractivity contribution < 1.29 is 19.4 Å². The molecule has 2 heterocycles. The summed E-state index contributed by atoms with van der Waals surface area (Å²) in [5, 5.41) is 12.7. The third-order valence-corrected chi connectivity index (χ3v) is 7.26. The maximum atomic E-state index is 12.3. The zero-order valence-corrected chi connectivity index (χ0v) is 17.9. The van der Waals surface area contributed by atoms with Gasteiger partial charge in [0.15, 0.2) is 0 Å². The lowest BCUT2D eigenvalue weighted by atomic mass is 9.77. The molecule has 0 atom stereocenters. The molecule has 0 aromatic heterocycles. The van der Waals surface area contributed by atoms with E-state index in [1.807, 2.05) is 4.90 Å². The summed E-state index contributed by atoms with van der Waals surface area (Å²) in [6.07, 6.45) is 12.2. The Hall–Kier alpha value is -1.50. The first kappa shape index (κ1) is 22.2. The molecule has 0 unspecified atom stereocenters. The summed E-state index contributed by atoms with van der Waals surface area (Å²) in [6.45, 7) is 4.57. The number of hydrogen-bond donors (Lipinski definition) is 2. The SMILES string of the molecule is O=C(OCCCCCCN(C(=O)O)C1CCNCC1)N1CCC2(CCCC2)CC1. The molecule has 7 nitrogen and oxygen atoms in total. The fourth-order valence-electron chi connectivity index (χ4n) is 5.33. The van der Waals surface area contributed by atoms with Crippen LogP contribution >= 0.6 is 0 Å². The second kappa shape index (κ2) is 11.0. The Bertz CT molecular complexity index is 520. The maximum absolute atomic E-state index is 12.3. The monoisotopic (exact) mass is 409 g/mol. The summed E-state index contributed by atoms with van der Waals surface area (Å²) < 4.78 is 5.47. The van der Waals surface area contributed by atoms with Crippen LogP contribution in [0.15, 0.2) is 0 Å². The van der Waals surface area contributed by atoms with Gasteiger partial charge in [-0.2, -0.15) is 0 Å². The second-order valence-electron chi connectivity index (χ2n) is 9.18. The average molecular weight is 410 g/mol. The van der Waals surface area contributed by atoms with Crippen molar-refractivity contribution in [2.45, 2.75) is 83.1 Å². The predicted molar refractivity (Wildman–Crippen MR) is 112 cm³/mol. The van der Waals surface area contributed by atoms with E-state index in [0.29, 0.717) is 18.6 Å². The minimum Gasteiger partial charge on any atom is -0.465 e. The average Bonchev–Trinajstić information content (AvgIpc) is 3.18. The van der Waals surface area contributed by atoms with Crippen molar-refractivity contribution in [3.63, 3.8) is 0 Å². The van der Waals surface area contributed by atoms with Gasteiger partial charge in [0.2, 0.25) is 0 Å². The van der Waals surface area contributed by atoms with E-state index in [4.69, 9.17) is 4.74 Å². The molecule has 1 aliphatic carbocycles. The molecule has 166 valence electrons. The molecule has 3 rings (SSSR count). The van der Waals surface area contributed by atoms with Gasteiger partial charge in [-0.25, -0.2) is 9.59 Å². The first-order valence-electron chi connectivity index (χ1n) is 11.7. The Kier molecular flexibility index (Phi) is 8.45. The van der Waals surface area contributed by atoms with Crippen LogP contribution < -0.4 is 5.32 Å². The molecule has 2 N–H and O–H groups in total. The summed E-state index contributed by atoms with van der Waals surface area (Å²) in [7, 11) is 0. The molecule has 3 fully saturated rings. The van der Waals surface area contributed by atoms with Crippen LogP contribution in [0, 0.1) is 5.41 Å². The first-order chi connectivity index (χ1) is 14.1. The number of piperidine rings is 2. The minimum absolute atomic E-state index is 0.152. The molecule has 0 aromatic carbocycles. The van der Waals surface area contributed by atoms with Crippen LogP contribution in [0.4, 0.5) is 9.59 Å². The zero-order chi connectivity index (χ0) is 20.5. The number of carboxylic acid groups (broad SMARTS) is 1. The predicted octanol–water partition coefficient (Wildman–Crippen LogP) is 4.07. The number of likely N-dealkylation sites (tertiary alicyclic amines) is 1.